The van der Waals surface area contributed by atoms with E-state index in [-0.39, 0.29) is 11.8 Å². The molecule has 0 radical (unpaired) electrons. The van der Waals surface area contributed by atoms with E-state index in [1.54, 1.807) is 44.1 Å². The Morgan fingerprint density at radius 1 is 1.08 bits per heavy atom. The third-order valence-corrected chi connectivity index (χ3v) is 4.03. The number of nitrogens with one attached hydrogen (secondary N) is 1. The lowest BCUT2D eigenvalue weighted by Crippen LogP contribution is -2.47. The molecule has 0 aliphatic rings. The van der Waals surface area contributed by atoms with E-state index in [4.69, 9.17) is 9.47 Å². The molecule has 1 rings (SSSR count). The van der Waals surface area contributed by atoms with Crippen molar-refractivity contribution in [2.24, 2.45) is 5.41 Å². The van der Waals surface area contributed by atoms with Crippen LogP contribution in [0.4, 0.5) is 5.69 Å². The van der Waals surface area contributed by atoms with Gasteiger partial charge in [-0.2, -0.15) is 0 Å². The van der Waals surface area contributed by atoms with Gasteiger partial charge in [0.15, 0.2) is 0 Å². The minimum Gasteiger partial charge on any atom is -0.497 e. The molecule has 0 fully saturated rings. The largest absolute Gasteiger partial charge is 0.497 e. The lowest BCUT2D eigenvalue weighted by Gasteiger charge is -2.31. The first-order chi connectivity index (χ1) is 11.8. The number of ether oxygens (including phenoxy) is 2. The lowest BCUT2D eigenvalue weighted by molar-refractivity contribution is -0.146. The van der Waals surface area contributed by atoms with Crippen molar-refractivity contribution in [3.8, 4) is 11.5 Å². The summed E-state index contributed by atoms with van der Waals surface area (Å²) in [5.74, 6) is 0.580. The SMILES string of the molecule is CCCN(CCC)C(=O)C(C)(C)C(=O)Nc1ccc(OC)cc1OC. The highest BCUT2D eigenvalue weighted by Crippen LogP contribution is 2.31. The minimum atomic E-state index is -1.17. The van der Waals surface area contributed by atoms with Crippen LogP contribution in [0.15, 0.2) is 18.2 Å². The van der Waals surface area contributed by atoms with E-state index in [1.165, 1.54) is 7.11 Å². The summed E-state index contributed by atoms with van der Waals surface area (Å²) in [7, 11) is 3.08. The zero-order valence-electron chi connectivity index (χ0n) is 16.1. The third-order valence-electron chi connectivity index (χ3n) is 4.03. The van der Waals surface area contributed by atoms with E-state index in [0.29, 0.717) is 30.3 Å². The van der Waals surface area contributed by atoms with Crippen molar-refractivity contribution in [3.63, 3.8) is 0 Å². The van der Waals surface area contributed by atoms with Crippen LogP contribution in [0.2, 0.25) is 0 Å². The van der Waals surface area contributed by atoms with Crippen LogP contribution in [0.25, 0.3) is 0 Å². The molecule has 0 aromatic heterocycles. The van der Waals surface area contributed by atoms with E-state index in [9.17, 15) is 9.59 Å². The molecule has 0 aliphatic heterocycles. The van der Waals surface area contributed by atoms with Crippen molar-refractivity contribution < 1.29 is 19.1 Å². The van der Waals surface area contributed by atoms with Crippen LogP contribution in [0.3, 0.4) is 0 Å². The first-order valence-electron chi connectivity index (χ1n) is 8.64. The monoisotopic (exact) mass is 350 g/mol. The molecule has 0 atom stereocenters. The Morgan fingerprint density at radius 2 is 1.68 bits per heavy atom. The fourth-order valence-corrected chi connectivity index (χ4v) is 2.53. The lowest BCUT2D eigenvalue weighted by atomic mass is 9.90. The molecular formula is C19H30N2O4. The second-order valence-electron chi connectivity index (χ2n) is 6.44. The van der Waals surface area contributed by atoms with Crippen molar-refractivity contribution in [2.75, 3.05) is 32.6 Å². The molecule has 0 heterocycles. The van der Waals surface area contributed by atoms with Crippen molar-refractivity contribution >= 4 is 17.5 Å². The summed E-state index contributed by atoms with van der Waals surface area (Å²) < 4.78 is 10.5. The number of hydrogen-bond donors (Lipinski definition) is 1. The average molecular weight is 350 g/mol. The van der Waals surface area contributed by atoms with Gasteiger partial charge in [-0.05, 0) is 38.8 Å². The van der Waals surface area contributed by atoms with Crippen LogP contribution in [0, 0.1) is 5.41 Å². The molecule has 0 unspecified atom stereocenters. The van der Waals surface area contributed by atoms with Gasteiger partial charge in [-0.1, -0.05) is 13.8 Å². The normalized spacial score (nSPS) is 11.0. The van der Waals surface area contributed by atoms with Crippen LogP contribution < -0.4 is 14.8 Å². The fraction of sp³-hybridized carbons (Fsp3) is 0.579. The molecule has 1 aromatic carbocycles. The van der Waals surface area contributed by atoms with Crippen molar-refractivity contribution in [1.29, 1.82) is 0 Å². The Kier molecular flexibility index (Phi) is 7.74. The molecule has 0 spiro atoms. The molecular weight excluding hydrogens is 320 g/mol. The van der Waals surface area contributed by atoms with Gasteiger partial charge in [0, 0.05) is 19.2 Å². The number of anilines is 1. The molecule has 0 saturated carbocycles. The number of amides is 2. The van der Waals surface area contributed by atoms with Crippen LogP contribution in [-0.2, 0) is 9.59 Å². The summed E-state index contributed by atoms with van der Waals surface area (Å²) in [6.45, 7) is 8.64. The molecule has 6 heteroatoms. The predicted molar refractivity (Wildman–Crippen MR) is 99.1 cm³/mol. The van der Waals surface area contributed by atoms with Crippen molar-refractivity contribution in [2.45, 2.75) is 40.5 Å². The molecule has 25 heavy (non-hydrogen) atoms. The highest BCUT2D eigenvalue weighted by Gasteiger charge is 2.39. The number of nitrogens with zero attached hydrogens (tertiary/aromatic N) is 1. The second-order valence-corrected chi connectivity index (χ2v) is 6.44. The van der Waals surface area contributed by atoms with Gasteiger partial charge in [0.2, 0.25) is 11.8 Å². The Bertz CT molecular complexity index is 593. The Morgan fingerprint density at radius 3 is 2.16 bits per heavy atom. The van der Waals surface area contributed by atoms with E-state index in [0.717, 1.165) is 12.8 Å². The number of carbonyl (C=O) groups is 2. The standard InChI is InChI=1S/C19H30N2O4/c1-7-11-21(12-8-2)18(23)19(3,4)17(22)20-15-10-9-14(24-5)13-16(15)25-6/h9-10,13H,7-8,11-12H2,1-6H3,(H,20,22). The highest BCUT2D eigenvalue weighted by atomic mass is 16.5. The van der Waals surface area contributed by atoms with Gasteiger partial charge in [0.1, 0.15) is 16.9 Å². The molecule has 0 aliphatic carbocycles. The molecule has 1 N–H and O–H groups in total. The Hall–Kier alpha value is -2.24. The van der Waals surface area contributed by atoms with E-state index in [1.807, 2.05) is 13.8 Å². The molecule has 2 amide bonds. The van der Waals surface area contributed by atoms with Crippen molar-refractivity contribution in [3.05, 3.63) is 18.2 Å². The summed E-state index contributed by atoms with van der Waals surface area (Å²) >= 11 is 0. The summed E-state index contributed by atoms with van der Waals surface area (Å²) in [4.78, 5) is 27.4. The maximum Gasteiger partial charge on any atom is 0.239 e. The molecule has 0 bridgehead atoms. The predicted octanol–water partition coefficient (Wildman–Crippen LogP) is 3.32. The number of carbonyl (C=O) groups excluding carboxylic acids is 2. The summed E-state index contributed by atoms with van der Waals surface area (Å²) in [6.07, 6.45) is 1.71. The summed E-state index contributed by atoms with van der Waals surface area (Å²) in [5.41, 5.74) is -0.665. The second kappa shape index (κ2) is 9.30. The highest BCUT2D eigenvalue weighted by molar-refractivity contribution is 6.10. The molecule has 6 nitrogen and oxygen atoms in total. The fourth-order valence-electron chi connectivity index (χ4n) is 2.53. The maximum absolute atomic E-state index is 12.8. The number of benzene rings is 1. The van der Waals surface area contributed by atoms with E-state index >= 15 is 0 Å². The maximum atomic E-state index is 12.8. The topological polar surface area (TPSA) is 67.9 Å². The van der Waals surface area contributed by atoms with Crippen LogP contribution in [0.5, 0.6) is 11.5 Å². The third kappa shape index (κ3) is 5.11. The van der Waals surface area contributed by atoms with E-state index < -0.39 is 5.41 Å². The van der Waals surface area contributed by atoms with Gasteiger partial charge < -0.3 is 19.7 Å². The smallest absolute Gasteiger partial charge is 0.239 e. The molecule has 140 valence electrons. The van der Waals surface area contributed by atoms with Crippen LogP contribution in [-0.4, -0.2) is 44.0 Å². The van der Waals surface area contributed by atoms with Gasteiger partial charge in [0.25, 0.3) is 0 Å². The van der Waals surface area contributed by atoms with Crippen molar-refractivity contribution in [1.82, 2.24) is 4.90 Å². The van der Waals surface area contributed by atoms with Gasteiger partial charge in [0.05, 0.1) is 19.9 Å². The average Bonchev–Trinajstić information content (AvgIpc) is 2.61. The van der Waals surface area contributed by atoms with Gasteiger partial charge in [-0.25, -0.2) is 0 Å². The van der Waals surface area contributed by atoms with E-state index in [2.05, 4.69) is 5.32 Å². The number of methoxy groups -OCH3 is 2. The Balaban J connectivity index is 2.99. The summed E-state index contributed by atoms with van der Waals surface area (Å²) in [6, 6.07) is 5.12. The molecule has 0 saturated heterocycles. The summed E-state index contributed by atoms with van der Waals surface area (Å²) in [5, 5.41) is 2.81. The number of hydrogen-bond acceptors (Lipinski definition) is 4. The van der Waals surface area contributed by atoms with Gasteiger partial charge >= 0.3 is 0 Å². The molecule has 1 aromatic rings. The first-order valence-corrected chi connectivity index (χ1v) is 8.64. The minimum absolute atomic E-state index is 0.166. The van der Waals surface area contributed by atoms with Crippen LogP contribution in [0.1, 0.15) is 40.5 Å². The van der Waals surface area contributed by atoms with Gasteiger partial charge in [-0.15, -0.1) is 0 Å². The first kappa shape index (κ1) is 20.8. The number of rotatable bonds is 9. The Labute approximate surface area is 150 Å². The quantitative estimate of drug-likeness (QED) is 0.694. The van der Waals surface area contributed by atoms with Crippen LogP contribution >= 0.6 is 0 Å². The van der Waals surface area contributed by atoms with Gasteiger partial charge in [-0.3, -0.25) is 9.59 Å². The zero-order valence-corrected chi connectivity index (χ0v) is 16.1. The zero-order chi connectivity index (χ0) is 19.0.